The molecule has 0 bridgehead atoms. The van der Waals surface area contributed by atoms with E-state index in [1.165, 1.54) is 0 Å². The van der Waals surface area contributed by atoms with Crippen molar-refractivity contribution in [1.29, 1.82) is 0 Å². The number of fused-ring (bicyclic) bond motifs is 3. The SMILES string of the molecule is CCOC(=O)c1ccc(N2CN3CNc4ccccc4C3=N2)cc1. The van der Waals surface area contributed by atoms with Crippen molar-refractivity contribution in [3.05, 3.63) is 59.7 Å². The molecule has 1 N–H and O–H groups in total. The summed E-state index contributed by atoms with van der Waals surface area (Å²) in [5.41, 5.74) is 3.71. The molecule has 122 valence electrons. The normalized spacial score (nSPS) is 15.3. The van der Waals surface area contributed by atoms with Gasteiger partial charge in [0.05, 0.1) is 24.5 Å². The number of rotatable bonds is 3. The van der Waals surface area contributed by atoms with Gasteiger partial charge in [-0.05, 0) is 43.3 Å². The molecule has 0 spiro atoms. The molecule has 0 saturated heterocycles. The van der Waals surface area contributed by atoms with E-state index in [0.717, 1.165) is 29.4 Å². The van der Waals surface area contributed by atoms with Crippen molar-refractivity contribution >= 4 is 23.2 Å². The lowest BCUT2D eigenvalue weighted by atomic mass is 10.1. The predicted octanol–water partition coefficient (Wildman–Crippen LogP) is 2.69. The number of nitrogens with zero attached hydrogens (tertiary/aromatic N) is 3. The highest BCUT2D eigenvalue weighted by Crippen LogP contribution is 2.28. The first-order valence-corrected chi connectivity index (χ1v) is 7.98. The molecule has 6 heteroatoms. The molecule has 2 aromatic rings. The number of benzene rings is 2. The average Bonchev–Trinajstić information content (AvgIpc) is 3.07. The Morgan fingerprint density at radius 3 is 2.79 bits per heavy atom. The lowest BCUT2D eigenvalue weighted by Crippen LogP contribution is -2.39. The van der Waals surface area contributed by atoms with E-state index in [0.29, 0.717) is 18.8 Å². The number of carbonyl (C=O) groups excluding carboxylic acids is 1. The summed E-state index contributed by atoms with van der Waals surface area (Å²) in [5.74, 6) is 0.672. The number of para-hydroxylation sites is 1. The van der Waals surface area contributed by atoms with Crippen LogP contribution in [0.5, 0.6) is 0 Å². The van der Waals surface area contributed by atoms with E-state index in [9.17, 15) is 4.79 Å². The standard InChI is InChI=1S/C18H18N4O2/c1-2-24-18(23)13-7-9-14(10-8-13)22-12-21-11-19-16-6-4-3-5-15(16)17(21)20-22/h3-10,19H,2,11-12H2,1H3. The van der Waals surface area contributed by atoms with Crippen LogP contribution < -0.4 is 10.3 Å². The van der Waals surface area contributed by atoms with Crippen LogP contribution in [0.1, 0.15) is 22.8 Å². The second kappa shape index (κ2) is 5.88. The van der Waals surface area contributed by atoms with Gasteiger partial charge in [-0.3, -0.25) is 0 Å². The maximum Gasteiger partial charge on any atom is 0.338 e. The molecule has 0 aromatic heterocycles. The molecule has 0 unspecified atom stereocenters. The van der Waals surface area contributed by atoms with Crippen molar-refractivity contribution in [2.75, 3.05) is 30.3 Å². The van der Waals surface area contributed by atoms with Crippen LogP contribution in [0.3, 0.4) is 0 Å². The number of carbonyl (C=O) groups is 1. The minimum absolute atomic E-state index is 0.299. The van der Waals surface area contributed by atoms with Crippen LogP contribution in [0.4, 0.5) is 11.4 Å². The van der Waals surface area contributed by atoms with Crippen LogP contribution in [0.2, 0.25) is 0 Å². The fraction of sp³-hybridized carbons (Fsp3) is 0.222. The molecular weight excluding hydrogens is 304 g/mol. The lowest BCUT2D eigenvalue weighted by molar-refractivity contribution is 0.0526. The molecule has 2 aliphatic rings. The van der Waals surface area contributed by atoms with Crippen LogP contribution >= 0.6 is 0 Å². The van der Waals surface area contributed by atoms with Gasteiger partial charge >= 0.3 is 5.97 Å². The van der Waals surface area contributed by atoms with Crippen LogP contribution in [0.15, 0.2) is 53.6 Å². The first kappa shape index (κ1) is 14.6. The Morgan fingerprint density at radius 1 is 1.21 bits per heavy atom. The van der Waals surface area contributed by atoms with Gasteiger partial charge in [-0.1, -0.05) is 12.1 Å². The van der Waals surface area contributed by atoms with Crippen molar-refractivity contribution in [1.82, 2.24) is 4.90 Å². The summed E-state index contributed by atoms with van der Waals surface area (Å²) in [6, 6.07) is 15.5. The maximum atomic E-state index is 11.7. The Morgan fingerprint density at radius 2 is 2.00 bits per heavy atom. The van der Waals surface area contributed by atoms with E-state index >= 15 is 0 Å². The first-order chi connectivity index (χ1) is 11.8. The van der Waals surface area contributed by atoms with Crippen molar-refractivity contribution in [3.8, 4) is 0 Å². The number of anilines is 2. The molecule has 0 atom stereocenters. The highest BCUT2D eigenvalue weighted by Gasteiger charge is 2.29. The van der Waals surface area contributed by atoms with E-state index in [2.05, 4.69) is 22.3 Å². The Kier molecular flexibility index (Phi) is 3.57. The molecule has 0 aliphatic carbocycles. The average molecular weight is 322 g/mol. The molecule has 24 heavy (non-hydrogen) atoms. The number of ether oxygens (including phenoxy) is 1. The van der Waals surface area contributed by atoms with Gasteiger partial charge in [0.2, 0.25) is 0 Å². The maximum absolute atomic E-state index is 11.7. The summed E-state index contributed by atoms with van der Waals surface area (Å²) in [6.07, 6.45) is 0. The number of nitrogens with one attached hydrogen (secondary N) is 1. The van der Waals surface area contributed by atoms with Crippen molar-refractivity contribution in [2.24, 2.45) is 5.10 Å². The highest BCUT2D eigenvalue weighted by atomic mass is 16.5. The van der Waals surface area contributed by atoms with Crippen LogP contribution in [0.25, 0.3) is 0 Å². The Labute approximate surface area is 140 Å². The van der Waals surface area contributed by atoms with Gasteiger partial charge in [0, 0.05) is 11.3 Å². The number of esters is 1. The highest BCUT2D eigenvalue weighted by molar-refractivity contribution is 6.06. The summed E-state index contributed by atoms with van der Waals surface area (Å²) in [5, 5.41) is 10.1. The lowest BCUT2D eigenvalue weighted by Gasteiger charge is -2.28. The second-order valence-corrected chi connectivity index (χ2v) is 5.65. The van der Waals surface area contributed by atoms with E-state index in [4.69, 9.17) is 9.84 Å². The number of amidine groups is 1. The van der Waals surface area contributed by atoms with E-state index in [-0.39, 0.29) is 5.97 Å². The number of hydrogen-bond acceptors (Lipinski definition) is 6. The zero-order chi connectivity index (χ0) is 16.5. The third-order valence-corrected chi connectivity index (χ3v) is 4.12. The Balaban J connectivity index is 1.59. The predicted molar refractivity (Wildman–Crippen MR) is 93.1 cm³/mol. The molecule has 0 amide bonds. The monoisotopic (exact) mass is 322 g/mol. The Hall–Kier alpha value is -3.02. The zero-order valence-electron chi connectivity index (χ0n) is 13.4. The smallest absolute Gasteiger partial charge is 0.338 e. The Bertz CT molecular complexity index is 801. The van der Waals surface area contributed by atoms with Gasteiger partial charge in [0.15, 0.2) is 5.84 Å². The van der Waals surface area contributed by atoms with Gasteiger partial charge in [-0.2, -0.15) is 5.10 Å². The third-order valence-electron chi connectivity index (χ3n) is 4.12. The summed E-state index contributed by atoms with van der Waals surface area (Å²) in [6.45, 7) is 3.58. The molecule has 2 aromatic carbocycles. The summed E-state index contributed by atoms with van der Waals surface area (Å²) < 4.78 is 5.01. The van der Waals surface area contributed by atoms with Crippen molar-refractivity contribution < 1.29 is 9.53 Å². The van der Waals surface area contributed by atoms with Crippen LogP contribution in [-0.4, -0.2) is 36.6 Å². The molecule has 2 heterocycles. The summed E-state index contributed by atoms with van der Waals surface area (Å²) in [4.78, 5) is 13.9. The molecule has 2 aliphatic heterocycles. The van der Waals surface area contributed by atoms with E-state index in [1.807, 2.05) is 29.3 Å². The second-order valence-electron chi connectivity index (χ2n) is 5.65. The molecule has 4 rings (SSSR count). The molecule has 0 saturated carbocycles. The van der Waals surface area contributed by atoms with Gasteiger partial charge in [-0.25, -0.2) is 9.80 Å². The largest absolute Gasteiger partial charge is 0.462 e. The summed E-state index contributed by atoms with van der Waals surface area (Å²) >= 11 is 0. The first-order valence-electron chi connectivity index (χ1n) is 7.98. The fourth-order valence-corrected chi connectivity index (χ4v) is 2.92. The van der Waals surface area contributed by atoms with Gasteiger partial charge in [-0.15, -0.1) is 0 Å². The van der Waals surface area contributed by atoms with Crippen molar-refractivity contribution in [2.45, 2.75) is 6.92 Å². The van der Waals surface area contributed by atoms with E-state index in [1.54, 1.807) is 19.1 Å². The molecule has 6 nitrogen and oxygen atoms in total. The van der Waals surface area contributed by atoms with Crippen LogP contribution in [-0.2, 0) is 4.74 Å². The third kappa shape index (κ3) is 2.46. The molecule has 0 radical (unpaired) electrons. The zero-order valence-corrected chi connectivity index (χ0v) is 13.4. The van der Waals surface area contributed by atoms with Crippen molar-refractivity contribution in [3.63, 3.8) is 0 Å². The van der Waals surface area contributed by atoms with Gasteiger partial charge in [0.1, 0.15) is 6.67 Å². The number of hydrazone groups is 1. The molecular formula is C18H18N4O2. The minimum atomic E-state index is -0.299. The number of hydrogen-bond donors (Lipinski definition) is 1. The quantitative estimate of drug-likeness (QED) is 0.881. The van der Waals surface area contributed by atoms with Gasteiger partial charge < -0.3 is 15.0 Å². The van der Waals surface area contributed by atoms with E-state index < -0.39 is 0 Å². The van der Waals surface area contributed by atoms with Crippen LogP contribution in [0, 0.1) is 0 Å². The minimum Gasteiger partial charge on any atom is -0.462 e. The fourth-order valence-electron chi connectivity index (χ4n) is 2.92. The van der Waals surface area contributed by atoms with Gasteiger partial charge in [0.25, 0.3) is 0 Å². The topological polar surface area (TPSA) is 57.2 Å². The molecule has 0 fully saturated rings. The summed E-state index contributed by atoms with van der Waals surface area (Å²) in [7, 11) is 0.